The molecule has 0 aromatic carbocycles. The van der Waals surface area contributed by atoms with Crippen molar-refractivity contribution in [3.05, 3.63) is 16.5 Å². The van der Waals surface area contributed by atoms with Gasteiger partial charge >= 0.3 is 6.09 Å². The number of carbonyl (C=O) groups is 1. The van der Waals surface area contributed by atoms with E-state index in [1.807, 2.05) is 27.8 Å². The zero-order chi connectivity index (χ0) is 20.5. The van der Waals surface area contributed by atoms with E-state index < -0.39 is 5.60 Å². The minimum Gasteiger partial charge on any atom is -0.444 e. The molecule has 1 aromatic heterocycles. The van der Waals surface area contributed by atoms with E-state index in [-0.39, 0.29) is 17.4 Å². The molecule has 2 aliphatic rings. The van der Waals surface area contributed by atoms with E-state index in [1.54, 1.807) is 4.90 Å². The molecule has 8 nitrogen and oxygen atoms in total. The molecular weight excluding hydrogens is 380 g/mol. The van der Waals surface area contributed by atoms with Gasteiger partial charge in [-0.15, -0.1) is 0 Å². The standard InChI is InChI=1S/C19H27ClN6O2/c1-19(2,3)28-18(27)26-8-6-14-15(12-26)22-17(20)23-16(14)25-10-9-24(4)13(11-25)5-7-21/h13H,5-6,8-12H2,1-4H3/t13-/m1/s1. The zero-order valence-corrected chi connectivity index (χ0v) is 17.7. The van der Waals surface area contributed by atoms with E-state index in [2.05, 4.69) is 25.8 Å². The minimum absolute atomic E-state index is 0.157. The number of anilines is 1. The van der Waals surface area contributed by atoms with Gasteiger partial charge in [0, 0.05) is 37.8 Å². The van der Waals surface area contributed by atoms with Gasteiger partial charge in [-0.05, 0) is 45.8 Å². The Kier molecular flexibility index (Phi) is 5.96. The molecule has 1 fully saturated rings. The number of halogens is 1. The second kappa shape index (κ2) is 8.10. The lowest BCUT2D eigenvalue weighted by Gasteiger charge is -2.40. The summed E-state index contributed by atoms with van der Waals surface area (Å²) in [6.07, 6.45) is 0.777. The molecule has 0 N–H and O–H groups in total. The van der Waals surface area contributed by atoms with E-state index in [0.717, 1.165) is 36.7 Å². The number of rotatable bonds is 2. The van der Waals surface area contributed by atoms with Crippen LogP contribution in [-0.2, 0) is 17.7 Å². The molecule has 3 rings (SSSR count). The molecule has 3 heterocycles. The molecule has 28 heavy (non-hydrogen) atoms. The second-order valence-corrected chi connectivity index (χ2v) is 8.67. The van der Waals surface area contributed by atoms with Crippen LogP contribution in [0.15, 0.2) is 0 Å². The molecule has 0 unspecified atom stereocenters. The van der Waals surface area contributed by atoms with Crippen LogP contribution in [0.2, 0.25) is 5.28 Å². The van der Waals surface area contributed by atoms with Crippen molar-refractivity contribution in [1.82, 2.24) is 19.8 Å². The van der Waals surface area contributed by atoms with Gasteiger partial charge in [0.25, 0.3) is 0 Å². The lowest BCUT2D eigenvalue weighted by Crippen LogP contribution is -2.52. The Hall–Kier alpha value is -2.11. The molecule has 0 bridgehead atoms. The van der Waals surface area contributed by atoms with Gasteiger partial charge < -0.3 is 14.5 Å². The number of hydrogen-bond acceptors (Lipinski definition) is 7. The van der Waals surface area contributed by atoms with Gasteiger partial charge in [0.1, 0.15) is 11.4 Å². The maximum atomic E-state index is 12.4. The normalized spacial score (nSPS) is 20.5. The van der Waals surface area contributed by atoms with Gasteiger partial charge in [-0.25, -0.2) is 14.8 Å². The highest BCUT2D eigenvalue weighted by Crippen LogP contribution is 2.30. The average molecular weight is 407 g/mol. The van der Waals surface area contributed by atoms with Crippen molar-refractivity contribution in [2.24, 2.45) is 0 Å². The van der Waals surface area contributed by atoms with Crippen LogP contribution in [0.25, 0.3) is 0 Å². The summed E-state index contributed by atoms with van der Waals surface area (Å²) in [5.74, 6) is 0.829. The summed E-state index contributed by atoms with van der Waals surface area (Å²) in [5.41, 5.74) is 1.26. The molecule has 0 aliphatic carbocycles. The third-order valence-electron chi connectivity index (χ3n) is 5.07. The average Bonchev–Trinajstić information content (AvgIpc) is 2.61. The number of amides is 1. The van der Waals surface area contributed by atoms with Crippen LogP contribution in [-0.4, -0.2) is 70.7 Å². The predicted molar refractivity (Wildman–Crippen MR) is 106 cm³/mol. The first-order valence-electron chi connectivity index (χ1n) is 9.53. The lowest BCUT2D eigenvalue weighted by molar-refractivity contribution is 0.0220. The van der Waals surface area contributed by atoms with E-state index in [1.165, 1.54) is 0 Å². The Morgan fingerprint density at radius 1 is 1.32 bits per heavy atom. The van der Waals surface area contributed by atoms with Gasteiger partial charge in [0.05, 0.1) is 24.7 Å². The van der Waals surface area contributed by atoms with Gasteiger partial charge in [-0.1, -0.05) is 0 Å². The highest BCUT2D eigenvalue weighted by atomic mass is 35.5. The molecule has 9 heteroatoms. The molecule has 0 radical (unpaired) electrons. The van der Waals surface area contributed by atoms with E-state index in [0.29, 0.717) is 25.9 Å². The van der Waals surface area contributed by atoms with Crippen LogP contribution in [0.1, 0.15) is 38.4 Å². The van der Waals surface area contributed by atoms with Crippen molar-refractivity contribution >= 4 is 23.5 Å². The van der Waals surface area contributed by atoms with Gasteiger partial charge in [-0.2, -0.15) is 5.26 Å². The molecule has 0 saturated carbocycles. The number of nitriles is 1. The van der Waals surface area contributed by atoms with Gasteiger partial charge in [-0.3, -0.25) is 4.90 Å². The monoisotopic (exact) mass is 406 g/mol. The van der Waals surface area contributed by atoms with E-state index in [4.69, 9.17) is 21.6 Å². The summed E-state index contributed by atoms with van der Waals surface area (Å²) >= 11 is 6.21. The van der Waals surface area contributed by atoms with Crippen molar-refractivity contribution < 1.29 is 9.53 Å². The molecule has 1 aromatic rings. The molecule has 1 atom stereocenters. The summed E-state index contributed by atoms with van der Waals surface area (Å²) in [5, 5.41) is 9.28. The molecule has 2 aliphatic heterocycles. The molecule has 0 spiro atoms. The quantitative estimate of drug-likeness (QED) is 0.697. The number of ether oxygens (including phenoxy) is 1. The third kappa shape index (κ3) is 4.65. The fraction of sp³-hybridized carbons (Fsp3) is 0.684. The SMILES string of the molecule is CN1CCN(c2nc(Cl)nc3c2CCN(C(=O)OC(C)(C)C)C3)C[C@H]1CC#N. The third-order valence-corrected chi connectivity index (χ3v) is 5.24. The van der Waals surface area contributed by atoms with Crippen LogP contribution >= 0.6 is 11.6 Å². The Morgan fingerprint density at radius 2 is 2.07 bits per heavy atom. The van der Waals surface area contributed by atoms with Crippen molar-refractivity contribution in [2.75, 3.05) is 38.1 Å². The summed E-state index contributed by atoms with van der Waals surface area (Å²) in [6.45, 7) is 8.85. The van der Waals surface area contributed by atoms with Gasteiger partial charge in [0.15, 0.2) is 0 Å². The fourth-order valence-corrected chi connectivity index (χ4v) is 3.77. The second-order valence-electron chi connectivity index (χ2n) is 8.34. The predicted octanol–water partition coefficient (Wildman–Crippen LogP) is 2.46. The highest BCUT2D eigenvalue weighted by Gasteiger charge is 2.32. The molecule has 1 saturated heterocycles. The number of piperazine rings is 1. The Labute approximate surface area is 171 Å². The summed E-state index contributed by atoms with van der Waals surface area (Å²) in [6, 6.07) is 2.42. The number of fused-ring (bicyclic) bond motifs is 1. The first kappa shape index (κ1) is 20.6. The summed E-state index contributed by atoms with van der Waals surface area (Å²) in [7, 11) is 2.04. The topological polar surface area (TPSA) is 85.6 Å². The number of carbonyl (C=O) groups excluding carboxylic acids is 1. The fourth-order valence-electron chi connectivity index (χ4n) is 3.59. The summed E-state index contributed by atoms with van der Waals surface area (Å²) < 4.78 is 5.49. The van der Waals surface area contributed by atoms with Crippen LogP contribution in [0, 0.1) is 11.3 Å². The molecule has 152 valence electrons. The number of hydrogen-bond donors (Lipinski definition) is 0. The van der Waals surface area contributed by atoms with Crippen molar-refractivity contribution in [2.45, 2.75) is 51.8 Å². The first-order valence-corrected chi connectivity index (χ1v) is 9.91. The Bertz CT molecular complexity index is 788. The number of likely N-dealkylation sites (N-methyl/N-ethyl adjacent to an activating group) is 1. The molecular formula is C19H27ClN6O2. The number of nitrogens with zero attached hydrogens (tertiary/aromatic N) is 6. The van der Waals surface area contributed by atoms with Crippen molar-refractivity contribution in [3.63, 3.8) is 0 Å². The van der Waals surface area contributed by atoms with Crippen LogP contribution < -0.4 is 4.90 Å². The minimum atomic E-state index is -0.540. The largest absolute Gasteiger partial charge is 0.444 e. The zero-order valence-electron chi connectivity index (χ0n) is 16.9. The van der Waals surface area contributed by atoms with Gasteiger partial charge in [0.2, 0.25) is 5.28 Å². The number of aromatic nitrogens is 2. The lowest BCUT2D eigenvalue weighted by atomic mass is 10.0. The maximum absolute atomic E-state index is 12.4. The van der Waals surface area contributed by atoms with E-state index in [9.17, 15) is 4.79 Å². The van der Waals surface area contributed by atoms with Crippen LogP contribution in [0.4, 0.5) is 10.6 Å². The maximum Gasteiger partial charge on any atom is 0.410 e. The van der Waals surface area contributed by atoms with E-state index >= 15 is 0 Å². The highest BCUT2D eigenvalue weighted by molar-refractivity contribution is 6.28. The summed E-state index contributed by atoms with van der Waals surface area (Å²) in [4.78, 5) is 27.4. The molecule has 1 amide bonds. The first-order chi connectivity index (χ1) is 13.2. The van der Waals surface area contributed by atoms with Crippen LogP contribution in [0.3, 0.4) is 0 Å². The smallest absolute Gasteiger partial charge is 0.410 e. The Morgan fingerprint density at radius 3 is 2.75 bits per heavy atom. The van der Waals surface area contributed by atoms with Crippen molar-refractivity contribution in [1.29, 1.82) is 5.26 Å². The Balaban J connectivity index is 1.82. The van der Waals surface area contributed by atoms with Crippen molar-refractivity contribution in [3.8, 4) is 6.07 Å². The van der Waals surface area contributed by atoms with Crippen LogP contribution in [0.5, 0.6) is 0 Å².